The van der Waals surface area contributed by atoms with Crippen LogP contribution in [0.4, 0.5) is 0 Å². The van der Waals surface area contributed by atoms with Gasteiger partial charge in [0.2, 0.25) is 0 Å². The Balaban J connectivity index is 2.36. The molecule has 0 saturated heterocycles. The molecule has 1 atom stereocenters. The van der Waals surface area contributed by atoms with Crippen molar-refractivity contribution >= 4 is 17.8 Å². The highest BCUT2D eigenvalue weighted by Gasteiger charge is 2.26. The van der Waals surface area contributed by atoms with E-state index in [1.54, 1.807) is 44.2 Å². The zero-order chi connectivity index (χ0) is 17.9. The highest BCUT2D eigenvalue weighted by Crippen LogP contribution is 2.13. The van der Waals surface area contributed by atoms with Crippen molar-refractivity contribution in [2.75, 3.05) is 0 Å². The smallest absolute Gasteiger partial charge is 0.326 e. The molecule has 24 heavy (non-hydrogen) atoms. The number of rotatable bonds is 6. The fourth-order valence-electron chi connectivity index (χ4n) is 2.16. The van der Waals surface area contributed by atoms with Gasteiger partial charge in [0, 0.05) is 6.07 Å². The van der Waals surface area contributed by atoms with Crippen LogP contribution in [-0.2, 0) is 4.79 Å². The number of amides is 2. The van der Waals surface area contributed by atoms with Gasteiger partial charge in [-0.05, 0) is 18.1 Å². The zero-order valence-corrected chi connectivity index (χ0v) is 13.3. The summed E-state index contributed by atoms with van der Waals surface area (Å²) in [4.78, 5) is 35.1. The average Bonchev–Trinajstić information content (AvgIpc) is 2.98. The number of carbonyl (C=O) groups excluding carboxylic acids is 2. The van der Waals surface area contributed by atoms with Crippen molar-refractivity contribution in [3.8, 4) is 5.69 Å². The summed E-state index contributed by atoms with van der Waals surface area (Å²) < 4.78 is 1.25. The maximum Gasteiger partial charge on any atom is 0.326 e. The van der Waals surface area contributed by atoms with Gasteiger partial charge in [0.05, 0.1) is 5.69 Å². The van der Waals surface area contributed by atoms with E-state index in [0.717, 1.165) is 0 Å². The molecule has 8 nitrogen and oxygen atoms in total. The molecule has 2 aromatic rings. The maximum atomic E-state index is 12.3. The van der Waals surface area contributed by atoms with Crippen LogP contribution in [0.2, 0.25) is 0 Å². The van der Waals surface area contributed by atoms with Gasteiger partial charge >= 0.3 is 5.97 Å². The van der Waals surface area contributed by atoms with E-state index in [1.165, 1.54) is 10.7 Å². The average molecular weight is 330 g/mol. The molecule has 0 aliphatic carbocycles. The van der Waals surface area contributed by atoms with Crippen molar-refractivity contribution in [3.05, 3.63) is 47.8 Å². The largest absolute Gasteiger partial charge is 0.480 e. The van der Waals surface area contributed by atoms with E-state index in [-0.39, 0.29) is 17.3 Å². The van der Waals surface area contributed by atoms with E-state index in [2.05, 4.69) is 10.4 Å². The topological polar surface area (TPSA) is 127 Å². The van der Waals surface area contributed by atoms with Gasteiger partial charge in [-0.1, -0.05) is 32.0 Å². The van der Waals surface area contributed by atoms with Gasteiger partial charge in [-0.25, -0.2) is 9.48 Å². The Labute approximate surface area is 138 Å². The maximum absolute atomic E-state index is 12.3. The van der Waals surface area contributed by atoms with E-state index < -0.39 is 23.8 Å². The van der Waals surface area contributed by atoms with Crippen molar-refractivity contribution in [2.45, 2.75) is 19.9 Å². The minimum absolute atomic E-state index is 0.0303. The molecular weight excluding hydrogens is 312 g/mol. The van der Waals surface area contributed by atoms with Crippen LogP contribution in [-0.4, -0.2) is 38.7 Å². The Morgan fingerprint density at radius 2 is 1.83 bits per heavy atom. The Bertz CT molecular complexity index is 768. The van der Waals surface area contributed by atoms with E-state index >= 15 is 0 Å². The van der Waals surface area contributed by atoms with Crippen LogP contribution < -0.4 is 11.1 Å². The number of aliphatic carboxylic acids is 1. The van der Waals surface area contributed by atoms with Crippen molar-refractivity contribution in [3.63, 3.8) is 0 Å². The zero-order valence-electron chi connectivity index (χ0n) is 13.3. The quantitative estimate of drug-likeness (QED) is 0.722. The fraction of sp³-hybridized carbons (Fsp3) is 0.250. The van der Waals surface area contributed by atoms with E-state index in [4.69, 9.17) is 10.8 Å². The minimum atomic E-state index is -1.14. The molecule has 1 unspecified atom stereocenters. The molecule has 8 heteroatoms. The Kier molecular flexibility index (Phi) is 4.98. The Morgan fingerprint density at radius 1 is 1.21 bits per heavy atom. The van der Waals surface area contributed by atoms with Gasteiger partial charge in [-0.3, -0.25) is 9.59 Å². The molecule has 1 heterocycles. The molecular formula is C16H18N4O4. The number of para-hydroxylation sites is 1. The van der Waals surface area contributed by atoms with Gasteiger partial charge in [-0.2, -0.15) is 5.10 Å². The summed E-state index contributed by atoms with van der Waals surface area (Å²) in [5, 5.41) is 15.6. The number of benzene rings is 1. The number of hydrogen-bond acceptors (Lipinski definition) is 4. The van der Waals surface area contributed by atoms with Crippen LogP contribution in [0.5, 0.6) is 0 Å². The van der Waals surface area contributed by atoms with Gasteiger partial charge in [0.15, 0.2) is 5.69 Å². The Morgan fingerprint density at radius 3 is 2.33 bits per heavy atom. The molecule has 2 amide bonds. The third-order valence-electron chi connectivity index (χ3n) is 3.41. The number of nitrogens with one attached hydrogen (secondary N) is 1. The number of primary amides is 1. The van der Waals surface area contributed by atoms with E-state index in [1.807, 2.05) is 0 Å². The lowest BCUT2D eigenvalue weighted by molar-refractivity contribution is -0.140. The first-order valence-corrected chi connectivity index (χ1v) is 7.30. The van der Waals surface area contributed by atoms with Crippen LogP contribution in [0.1, 0.15) is 34.8 Å². The molecule has 0 radical (unpaired) electrons. The first-order chi connectivity index (χ1) is 11.3. The number of hydrogen-bond donors (Lipinski definition) is 3. The van der Waals surface area contributed by atoms with Gasteiger partial charge in [-0.15, -0.1) is 0 Å². The van der Waals surface area contributed by atoms with Crippen molar-refractivity contribution in [1.29, 1.82) is 0 Å². The number of nitrogens with zero attached hydrogens (tertiary/aromatic N) is 2. The van der Waals surface area contributed by atoms with E-state index in [0.29, 0.717) is 5.69 Å². The number of aromatic nitrogens is 2. The van der Waals surface area contributed by atoms with Crippen LogP contribution in [0.25, 0.3) is 5.69 Å². The summed E-state index contributed by atoms with van der Waals surface area (Å²) >= 11 is 0. The number of carbonyl (C=O) groups is 3. The molecule has 126 valence electrons. The SMILES string of the molecule is CC(C)C(NC(=O)c1cc(C(N)=O)n(-c2ccccc2)n1)C(=O)O. The highest BCUT2D eigenvalue weighted by atomic mass is 16.4. The number of nitrogens with two attached hydrogens (primary N) is 1. The third-order valence-corrected chi connectivity index (χ3v) is 3.41. The molecule has 0 bridgehead atoms. The van der Waals surface area contributed by atoms with Crippen molar-refractivity contribution in [1.82, 2.24) is 15.1 Å². The number of carboxylic acid groups (broad SMARTS) is 1. The second kappa shape index (κ2) is 6.95. The summed E-state index contributed by atoms with van der Waals surface area (Å²) in [6.07, 6.45) is 0. The van der Waals surface area contributed by atoms with Gasteiger partial charge < -0.3 is 16.2 Å². The van der Waals surface area contributed by atoms with Gasteiger partial charge in [0.1, 0.15) is 11.7 Å². The normalized spacial score (nSPS) is 12.0. The van der Waals surface area contributed by atoms with Crippen LogP contribution in [0.3, 0.4) is 0 Å². The highest BCUT2D eigenvalue weighted by molar-refractivity contribution is 5.99. The second-order valence-electron chi connectivity index (χ2n) is 5.56. The molecule has 1 aromatic heterocycles. The predicted octanol–water partition coefficient (Wildman–Crippen LogP) is 0.810. The summed E-state index contributed by atoms with van der Waals surface area (Å²) in [5.41, 5.74) is 5.84. The van der Waals surface area contributed by atoms with Crippen molar-refractivity contribution in [2.24, 2.45) is 11.7 Å². The lowest BCUT2D eigenvalue weighted by atomic mass is 10.0. The molecule has 1 aromatic carbocycles. The van der Waals surface area contributed by atoms with Crippen LogP contribution in [0, 0.1) is 5.92 Å². The minimum Gasteiger partial charge on any atom is -0.480 e. The summed E-state index contributed by atoms with van der Waals surface area (Å²) in [6, 6.07) is 8.89. The predicted molar refractivity (Wildman–Crippen MR) is 85.8 cm³/mol. The Hall–Kier alpha value is -3.16. The van der Waals surface area contributed by atoms with Gasteiger partial charge in [0.25, 0.3) is 11.8 Å². The lowest BCUT2D eigenvalue weighted by Crippen LogP contribution is -2.44. The fourth-order valence-corrected chi connectivity index (χ4v) is 2.16. The summed E-state index contributed by atoms with van der Waals surface area (Å²) in [7, 11) is 0. The van der Waals surface area contributed by atoms with E-state index in [9.17, 15) is 14.4 Å². The summed E-state index contributed by atoms with van der Waals surface area (Å²) in [6.45, 7) is 3.35. The summed E-state index contributed by atoms with van der Waals surface area (Å²) in [5.74, 6) is -2.88. The van der Waals surface area contributed by atoms with Crippen LogP contribution in [0.15, 0.2) is 36.4 Å². The molecule has 0 spiro atoms. The number of carboxylic acids is 1. The molecule has 2 rings (SSSR count). The molecule has 0 fully saturated rings. The first kappa shape index (κ1) is 17.2. The first-order valence-electron chi connectivity index (χ1n) is 7.30. The molecule has 0 aliphatic heterocycles. The monoisotopic (exact) mass is 330 g/mol. The lowest BCUT2D eigenvalue weighted by Gasteiger charge is -2.16. The van der Waals surface area contributed by atoms with Crippen LogP contribution >= 0.6 is 0 Å². The molecule has 0 aliphatic rings. The second-order valence-corrected chi connectivity index (χ2v) is 5.56. The standard InChI is InChI=1S/C16H18N4O4/c1-9(2)13(16(23)24)18-15(22)11-8-12(14(17)21)20(19-11)10-6-4-3-5-7-10/h3-9,13H,1-2H3,(H2,17,21)(H,18,22)(H,23,24). The van der Waals surface area contributed by atoms with Crippen molar-refractivity contribution < 1.29 is 19.5 Å². The molecule has 4 N–H and O–H groups in total. The molecule has 0 saturated carbocycles. The third kappa shape index (κ3) is 3.60.